The molecule has 0 saturated heterocycles. The third-order valence-electron chi connectivity index (χ3n) is 4.59. The number of halogens is 3. The summed E-state index contributed by atoms with van der Waals surface area (Å²) < 4.78 is 39.3. The zero-order chi connectivity index (χ0) is 19.9. The number of nitrogens with zero attached hydrogens (tertiary/aromatic N) is 2. The van der Waals surface area contributed by atoms with Crippen LogP contribution >= 0.6 is 0 Å². The molecule has 0 N–H and O–H groups in total. The molecule has 1 aliphatic heterocycles. The molecule has 0 unspecified atom stereocenters. The summed E-state index contributed by atoms with van der Waals surface area (Å²) in [5.41, 5.74) is 1.94. The van der Waals surface area contributed by atoms with Crippen LogP contribution in [0, 0.1) is 6.92 Å². The zero-order valence-electron chi connectivity index (χ0n) is 14.9. The Morgan fingerprint density at radius 3 is 2.29 bits per heavy atom. The van der Waals surface area contributed by atoms with E-state index in [1.165, 1.54) is 11.0 Å². The Balaban J connectivity index is 1.86. The van der Waals surface area contributed by atoms with Gasteiger partial charge in [-0.15, -0.1) is 0 Å². The molecule has 1 amide bonds. The highest BCUT2D eigenvalue weighted by atomic mass is 19.4. The molecule has 0 atom stereocenters. The fourth-order valence-corrected chi connectivity index (χ4v) is 3.17. The number of para-hydroxylation sites is 2. The molecule has 3 aromatic rings. The van der Waals surface area contributed by atoms with Crippen molar-refractivity contribution >= 4 is 28.7 Å². The highest BCUT2D eigenvalue weighted by molar-refractivity contribution is 6.56. The molecule has 0 spiro atoms. The Kier molecular flexibility index (Phi) is 4.26. The molecule has 6 heteroatoms. The van der Waals surface area contributed by atoms with Gasteiger partial charge in [-0.3, -0.25) is 9.69 Å². The molecule has 0 saturated carbocycles. The van der Waals surface area contributed by atoms with Gasteiger partial charge >= 0.3 is 6.18 Å². The van der Waals surface area contributed by atoms with Crippen LogP contribution in [-0.2, 0) is 11.0 Å². The van der Waals surface area contributed by atoms with Gasteiger partial charge in [-0.1, -0.05) is 42.5 Å². The van der Waals surface area contributed by atoms with E-state index in [-0.39, 0.29) is 17.3 Å². The van der Waals surface area contributed by atoms with E-state index >= 15 is 0 Å². The van der Waals surface area contributed by atoms with Crippen molar-refractivity contribution in [2.24, 2.45) is 4.99 Å². The second-order valence-electron chi connectivity index (χ2n) is 6.45. The summed E-state index contributed by atoms with van der Waals surface area (Å²) in [6, 6.07) is 19.5. The van der Waals surface area contributed by atoms with Gasteiger partial charge in [0.1, 0.15) is 5.71 Å². The molecule has 0 aliphatic carbocycles. The number of benzene rings is 3. The molecule has 0 bridgehead atoms. The fraction of sp³-hybridized carbons (Fsp3) is 0.0909. The number of amides is 1. The Morgan fingerprint density at radius 1 is 0.893 bits per heavy atom. The normalized spacial score (nSPS) is 15.2. The van der Waals surface area contributed by atoms with Gasteiger partial charge in [0.2, 0.25) is 0 Å². The van der Waals surface area contributed by atoms with E-state index in [9.17, 15) is 18.0 Å². The topological polar surface area (TPSA) is 32.7 Å². The highest BCUT2D eigenvalue weighted by Gasteiger charge is 2.35. The number of hydrogen-bond donors (Lipinski definition) is 0. The van der Waals surface area contributed by atoms with Gasteiger partial charge in [0, 0.05) is 11.3 Å². The number of aliphatic imine (C=N–C) groups is 1. The van der Waals surface area contributed by atoms with Crippen LogP contribution < -0.4 is 4.90 Å². The van der Waals surface area contributed by atoms with Gasteiger partial charge in [0.05, 0.1) is 16.9 Å². The molecule has 4 rings (SSSR count). The smallest absolute Gasteiger partial charge is 0.275 e. The van der Waals surface area contributed by atoms with Gasteiger partial charge in [-0.25, -0.2) is 4.99 Å². The molecular weight excluding hydrogens is 365 g/mol. The Hall–Kier alpha value is -3.41. The third-order valence-corrected chi connectivity index (χ3v) is 4.59. The Morgan fingerprint density at radius 2 is 1.57 bits per heavy atom. The van der Waals surface area contributed by atoms with Crippen molar-refractivity contribution in [3.05, 3.63) is 89.5 Å². The minimum absolute atomic E-state index is 0.127. The molecule has 28 heavy (non-hydrogen) atoms. The first-order chi connectivity index (χ1) is 13.4. The van der Waals surface area contributed by atoms with Gasteiger partial charge in [-0.2, -0.15) is 13.2 Å². The first-order valence-electron chi connectivity index (χ1n) is 8.62. The van der Waals surface area contributed by atoms with Gasteiger partial charge in [-0.05, 0) is 42.8 Å². The van der Waals surface area contributed by atoms with E-state index in [4.69, 9.17) is 0 Å². The number of carbonyl (C=O) groups is 1. The molecule has 1 heterocycles. The molecule has 0 aromatic heterocycles. The summed E-state index contributed by atoms with van der Waals surface area (Å²) in [5.74, 6) is -0.371. The lowest BCUT2D eigenvalue weighted by atomic mass is 10.1. The van der Waals surface area contributed by atoms with Crippen molar-refractivity contribution in [2.45, 2.75) is 13.1 Å². The largest absolute Gasteiger partial charge is 0.416 e. The first-order valence-corrected chi connectivity index (χ1v) is 8.62. The maximum absolute atomic E-state index is 13.1. The molecular formula is C22H15F3N2O. The minimum Gasteiger partial charge on any atom is -0.275 e. The summed E-state index contributed by atoms with van der Waals surface area (Å²) in [4.78, 5) is 19.0. The van der Waals surface area contributed by atoms with Crippen molar-refractivity contribution in [1.29, 1.82) is 0 Å². The summed E-state index contributed by atoms with van der Waals surface area (Å²) in [5, 5.41) is 0. The van der Waals surface area contributed by atoms with Gasteiger partial charge in [0.15, 0.2) is 0 Å². The molecule has 3 nitrogen and oxygen atoms in total. The van der Waals surface area contributed by atoms with E-state index in [1.54, 1.807) is 43.3 Å². The van der Waals surface area contributed by atoms with E-state index < -0.39 is 11.7 Å². The molecule has 0 radical (unpaired) electrons. The lowest BCUT2D eigenvalue weighted by Gasteiger charge is -2.16. The van der Waals surface area contributed by atoms with Crippen LogP contribution in [0.3, 0.4) is 0 Å². The van der Waals surface area contributed by atoms with Gasteiger partial charge < -0.3 is 0 Å². The van der Waals surface area contributed by atoms with Crippen molar-refractivity contribution in [2.75, 3.05) is 4.90 Å². The number of anilines is 2. The first kappa shape index (κ1) is 18.0. The van der Waals surface area contributed by atoms with E-state index in [0.717, 1.165) is 12.1 Å². The fourth-order valence-electron chi connectivity index (χ4n) is 3.17. The number of aryl methyl sites for hydroxylation is 1. The summed E-state index contributed by atoms with van der Waals surface area (Å²) >= 11 is 0. The average Bonchev–Trinajstić information content (AvgIpc) is 2.95. The number of alkyl halides is 3. The molecule has 140 valence electrons. The van der Waals surface area contributed by atoms with Crippen molar-refractivity contribution < 1.29 is 18.0 Å². The number of fused-ring (bicyclic) bond motifs is 1. The van der Waals surface area contributed by atoms with Crippen LogP contribution in [0.1, 0.15) is 16.7 Å². The SMILES string of the molecule is Cc1ccc(C(F)(F)F)cc1N=C1C(=O)N(c2ccccc2)c2ccccc21. The molecule has 0 fully saturated rings. The summed E-state index contributed by atoms with van der Waals surface area (Å²) in [6.07, 6.45) is -4.48. The van der Waals surface area contributed by atoms with Crippen LogP contribution in [0.4, 0.5) is 30.2 Å². The Bertz CT molecular complexity index is 1090. The van der Waals surface area contributed by atoms with Crippen molar-refractivity contribution in [3.63, 3.8) is 0 Å². The van der Waals surface area contributed by atoms with Crippen LogP contribution in [0.5, 0.6) is 0 Å². The maximum Gasteiger partial charge on any atom is 0.416 e. The third kappa shape index (κ3) is 3.07. The molecule has 1 aliphatic rings. The number of hydrogen-bond acceptors (Lipinski definition) is 2. The van der Waals surface area contributed by atoms with Crippen LogP contribution in [-0.4, -0.2) is 11.6 Å². The standard InChI is InChI=1S/C22H15F3N2O/c1-14-11-12-15(22(23,24)25)13-18(14)26-20-17-9-5-6-10-19(17)27(21(20)28)16-7-3-2-4-8-16/h2-13H,1H3. The maximum atomic E-state index is 13.1. The molecule has 3 aromatic carbocycles. The average molecular weight is 380 g/mol. The quantitative estimate of drug-likeness (QED) is 0.552. The summed E-state index contributed by atoms with van der Waals surface area (Å²) in [7, 11) is 0. The predicted octanol–water partition coefficient (Wildman–Crippen LogP) is 5.81. The predicted molar refractivity (Wildman–Crippen MR) is 102 cm³/mol. The lowest BCUT2D eigenvalue weighted by Crippen LogP contribution is -2.25. The van der Waals surface area contributed by atoms with Crippen LogP contribution in [0.25, 0.3) is 0 Å². The number of carbonyl (C=O) groups excluding carboxylic acids is 1. The second-order valence-corrected chi connectivity index (χ2v) is 6.45. The zero-order valence-corrected chi connectivity index (χ0v) is 14.9. The van der Waals surface area contributed by atoms with E-state index in [2.05, 4.69) is 4.99 Å². The number of rotatable bonds is 2. The van der Waals surface area contributed by atoms with Crippen molar-refractivity contribution in [3.8, 4) is 0 Å². The lowest BCUT2D eigenvalue weighted by molar-refractivity contribution is -0.137. The van der Waals surface area contributed by atoms with Crippen molar-refractivity contribution in [1.82, 2.24) is 0 Å². The summed E-state index contributed by atoms with van der Waals surface area (Å²) in [6.45, 7) is 1.67. The van der Waals surface area contributed by atoms with Crippen LogP contribution in [0.2, 0.25) is 0 Å². The van der Waals surface area contributed by atoms with E-state index in [0.29, 0.717) is 22.5 Å². The van der Waals surface area contributed by atoms with E-state index in [1.807, 2.05) is 18.2 Å². The minimum atomic E-state index is -4.48. The second kappa shape index (κ2) is 6.64. The highest BCUT2D eigenvalue weighted by Crippen LogP contribution is 2.38. The Labute approximate surface area is 159 Å². The van der Waals surface area contributed by atoms with Gasteiger partial charge in [0.25, 0.3) is 5.91 Å². The monoisotopic (exact) mass is 380 g/mol. The van der Waals surface area contributed by atoms with Crippen LogP contribution in [0.15, 0.2) is 77.8 Å².